The van der Waals surface area contributed by atoms with E-state index >= 15 is 0 Å². The zero-order valence-corrected chi connectivity index (χ0v) is 9.84. The van der Waals surface area contributed by atoms with Crippen molar-refractivity contribution >= 4 is 17.3 Å². The number of aromatic nitrogens is 1. The molecule has 1 heterocycles. The molecule has 0 radical (unpaired) electrons. The van der Waals surface area contributed by atoms with Crippen molar-refractivity contribution in [1.82, 2.24) is 4.98 Å². The van der Waals surface area contributed by atoms with Gasteiger partial charge in [0.05, 0.1) is 24.2 Å². The molecule has 15 heavy (non-hydrogen) atoms. The van der Waals surface area contributed by atoms with Crippen molar-refractivity contribution in [2.45, 2.75) is 32.2 Å². The molecule has 0 saturated heterocycles. The number of esters is 1. The Balaban J connectivity index is 2.42. The molecule has 5 heteroatoms. The van der Waals surface area contributed by atoms with Crippen LogP contribution >= 0.6 is 11.3 Å². The molecule has 0 aliphatic heterocycles. The SMILES string of the molecule is COC(=O)CCc1csc(CC(C)N)n1. The van der Waals surface area contributed by atoms with E-state index in [0.717, 1.165) is 17.1 Å². The Morgan fingerprint density at radius 1 is 1.73 bits per heavy atom. The number of methoxy groups -OCH3 is 1. The smallest absolute Gasteiger partial charge is 0.305 e. The molecule has 84 valence electrons. The quantitative estimate of drug-likeness (QED) is 0.767. The maximum absolute atomic E-state index is 10.9. The van der Waals surface area contributed by atoms with Crippen LogP contribution in [0.5, 0.6) is 0 Å². The van der Waals surface area contributed by atoms with Crippen LogP contribution < -0.4 is 5.73 Å². The molecule has 0 bridgehead atoms. The van der Waals surface area contributed by atoms with Crippen molar-refractivity contribution < 1.29 is 9.53 Å². The molecule has 2 N–H and O–H groups in total. The molecule has 1 atom stereocenters. The van der Waals surface area contributed by atoms with Crippen LogP contribution in [0.3, 0.4) is 0 Å². The fourth-order valence-electron chi connectivity index (χ4n) is 1.17. The fourth-order valence-corrected chi connectivity index (χ4v) is 2.14. The second kappa shape index (κ2) is 5.82. The summed E-state index contributed by atoms with van der Waals surface area (Å²) in [5.41, 5.74) is 6.62. The third kappa shape index (κ3) is 4.40. The van der Waals surface area contributed by atoms with E-state index in [-0.39, 0.29) is 12.0 Å². The molecule has 0 fully saturated rings. The summed E-state index contributed by atoms with van der Waals surface area (Å²) in [6, 6.07) is 0.129. The number of hydrogen-bond acceptors (Lipinski definition) is 5. The highest BCUT2D eigenvalue weighted by Gasteiger charge is 2.06. The van der Waals surface area contributed by atoms with Gasteiger partial charge in [0.2, 0.25) is 0 Å². The number of aryl methyl sites for hydroxylation is 1. The molecule has 0 saturated carbocycles. The Hall–Kier alpha value is -0.940. The van der Waals surface area contributed by atoms with E-state index in [1.165, 1.54) is 7.11 Å². The van der Waals surface area contributed by atoms with Gasteiger partial charge < -0.3 is 10.5 Å². The lowest BCUT2D eigenvalue weighted by Crippen LogP contribution is -2.17. The molecule has 0 aliphatic carbocycles. The normalized spacial score (nSPS) is 12.5. The Kier molecular flexibility index (Phi) is 4.71. The van der Waals surface area contributed by atoms with Gasteiger partial charge in [0.15, 0.2) is 0 Å². The number of nitrogens with zero attached hydrogens (tertiary/aromatic N) is 1. The number of thiazole rings is 1. The van der Waals surface area contributed by atoms with Crippen molar-refractivity contribution in [2.24, 2.45) is 5.73 Å². The van der Waals surface area contributed by atoms with Crippen LogP contribution in [0.1, 0.15) is 24.0 Å². The van der Waals surface area contributed by atoms with E-state index in [9.17, 15) is 4.79 Å². The second-order valence-corrected chi connectivity index (χ2v) is 4.43. The summed E-state index contributed by atoms with van der Waals surface area (Å²) >= 11 is 1.59. The minimum atomic E-state index is -0.197. The lowest BCUT2D eigenvalue weighted by molar-refractivity contribution is -0.140. The van der Waals surface area contributed by atoms with Crippen molar-refractivity contribution in [1.29, 1.82) is 0 Å². The summed E-state index contributed by atoms with van der Waals surface area (Å²) in [7, 11) is 1.39. The van der Waals surface area contributed by atoms with E-state index in [2.05, 4.69) is 9.72 Å². The molecule has 0 aliphatic rings. The second-order valence-electron chi connectivity index (χ2n) is 3.49. The average molecular weight is 228 g/mol. The average Bonchev–Trinajstić information content (AvgIpc) is 2.61. The highest BCUT2D eigenvalue weighted by atomic mass is 32.1. The standard InChI is InChI=1S/C10H16N2O2S/c1-7(11)5-9-12-8(6-15-9)3-4-10(13)14-2/h6-7H,3-5,11H2,1-2H3. The van der Waals surface area contributed by atoms with Crippen molar-refractivity contribution in [2.75, 3.05) is 7.11 Å². The molecule has 0 aromatic carbocycles. The summed E-state index contributed by atoms with van der Waals surface area (Å²) in [6.45, 7) is 1.95. The number of hydrogen-bond donors (Lipinski definition) is 1. The van der Waals surface area contributed by atoms with Gasteiger partial charge in [-0.3, -0.25) is 4.79 Å². The number of nitrogens with two attached hydrogens (primary N) is 1. The van der Waals surface area contributed by atoms with Crippen LogP contribution in [0.15, 0.2) is 5.38 Å². The summed E-state index contributed by atoms with van der Waals surface area (Å²) < 4.78 is 4.56. The molecule has 1 aromatic rings. The van der Waals surface area contributed by atoms with Crippen LogP contribution in [0.2, 0.25) is 0 Å². The molecule has 0 spiro atoms. The highest BCUT2D eigenvalue weighted by Crippen LogP contribution is 2.13. The molecular weight excluding hydrogens is 212 g/mol. The van der Waals surface area contributed by atoms with Crippen LogP contribution in [-0.2, 0) is 22.4 Å². The third-order valence-electron chi connectivity index (χ3n) is 1.91. The maximum atomic E-state index is 10.9. The molecule has 0 amide bonds. The van der Waals surface area contributed by atoms with Gasteiger partial charge in [0.1, 0.15) is 0 Å². The molecule has 1 rings (SSSR count). The lowest BCUT2D eigenvalue weighted by atomic mass is 10.2. The molecule has 1 aromatic heterocycles. The largest absolute Gasteiger partial charge is 0.469 e. The summed E-state index contributed by atoms with van der Waals surface area (Å²) in [5, 5.41) is 3.01. The van der Waals surface area contributed by atoms with E-state index in [1.54, 1.807) is 11.3 Å². The number of carbonyl (C=O) groups excluding carboxylic acids is 1. The summed E-state index contributed by atoms with van der Waals surface area (Å²) in [6.07, 6.45) is 1.82. The van der Waals surface area contributed by atoms with Crippen molar-refractivity contribution in [3.63, 3.8) is 0 Å². The van der Waals surface area contributed by atoms with Crippen LogP contribution in [0.4, 0.5) is 0 Å². The van der Waals surface area contributed by atoms with Gasteiger partial charge in [-0.25, -0.2) is 4.98 Å². The zero-order chi connectivity index (χ0) is 11.3. The van der Waals surface area contributed by atoms with Crippen molar-refractivity contribution in [3.8, 4) is 0 Å². The van der Waals surface area contributed by atoms with E-state index in [1.807, 2.05) is 12.3 Å². The first-order valence-corrected chi connectivity index (χ1v) is 5.75. The Morgan fingerprint density at radius 2 is 2.47 bits per heavy atom. The molecule has 4 nitrogen and oxygen atoms in total. The Morgan fingerprint density at radius 3 is 3.07 bits per heavy atom. The first kappa shape index (κ1) is 12.1. The Bertz CT molecular complexity index is 323. The number of carbonyl (C=O) groups is 1. The minimum Gasteiger partial charge on any atom is -0.469 e. The third-order valence-corrected chi connectivity index (χ3v) is 2.83. The summed E-state index contributed by atoms with van der Waals surface area (Å²) in [4.78, 5) is 15.3. The lowest BCUT2D eigenvalue weighted by Gasteiger charge is -1.99. The molecule has 1 unspecified atom stereocenters. The van der Waals surface area contributed by atoms with Crippen LogP contribution in [-0.4, -0.2) is 24.1 Å². The first-order chi connectivity index (χ1) is 7.11. The van der Waals surface area contributed by atoms with Crippen LogP contribution in [0.25, 0.3) is 0 Å². The van der Waals surface area contributed by atoms with Gasteiger partial charge >= 0.3 is 5.97 Å². The van der Waals surface area contributed by atoms with Crippen molar-refractivity contribution in [3.05, 3.63) is 16.1 Å². The molecular formula is C10H16N2O2S. The van der Waals surface area contributed by atoms with Gasteiger partial charge in [-0.05, 0) is 6.92 Å². The van der Waals surface area contributed by atoms with Gasteiger partial charge in [-0.1, -0.05) is 0 Å². The predicted octanol–water partition coefficient (Wildman–Crippen LogP) is 1.14. The van der Waals surface area contributed by atoms with Crippen LogP contribution in [0, 0.1) is 0 Å². The fraction of sp³-hybridized carbons (Fsp3) is 0.600. The van der Waals surface area contributed by atoms with Gasteiger partial charge in [-0.15, -0.1) is 11.3 Å². The maximum Gasteiger partial charge on any atom is 0.305 e. The van der Waals surface area contributed by atoms with E-state index in [0.29, 0.717) is 12.8 Å². The first-order valence-electron chi connectivity index (χ1n) is 4.87. The number of rotatable bonds is 5. The van der Waals surface area contributed by atoms with Gasteiger partial charge in [-0.2, -0.15) is 0 Å². The van der Waals surface area contributed by atoms with Gasteiger partial charge in [0, 0.05) is 24.3 Å². The number of ether oxygens (including phenoxy) is 1. The van der Waals surface area contributed by atoms with E-state index in [4.69, 9.17) is 5.73 Å². The van der Waals surface area contributed by atoms with E-state index < -0.39 is 0 Å². The zero-order valence-electron chi connectivity index (χ0n) is 9.03. The Labute approximate surface area is 93.5 Å². The van der Waals surface area contributed by atoms with Gasteiger partial charge in [0.25, 0.3) is 0 Å². The monoisotopic (exact) mass is 228 g/mol. The highest BCUT2D eigenvalue weighted by molar-refractivity contribution is 7.09. The summed E-state index contributed by atoms with van der Waals surface area (Å²) in [5.74, 6) is -0.197. The minimum absolute atomic E-state index is 0.129. The topological polar surface area (TPSA) is 65.2 Å². The predicted molar refractivity (Wildman–Crippen MR) is 59.8 cm³/mol.